The molecule has 1 N–H and O–H groups in total. The van der Waals surface area contributed by atoms with E-state index in [1.807, 2.05) is 29.2 Å². The summed E-state index contributed by atoms with van der Waals surface area (Å²) in [5, 5.41) is 2.91. The molecule has 1 saturated heterocycles. The molecule has 2 aliphatic rings. The minimum Gasteiger partial charge on any atom is -0.381 e. The number of amides is 2. The number of nitrogens with one attached hydrogen (secondary N) is 1. The zero-order chi connectivity index (χ0) is 19.3. The smallest absolute Gasteiger partial charge is 0.224 e. The van der Waals surface area contributed by atoms with Gasteiger partial charge in [0.05, 0.1) is 6.10 Å². The van der Waals surface area contributed by atoms with E-state index in [4.69, 9.17) is 4.74 Å². The molecule has 3 rings (SSSR count). The van der Waals surface area contributed by atoms with E-state index in [1.165, 1.54) is 12.0 Å². The number of carbonyl (C=O) groups is 2. The molecule has 1 heterocycles. The van der Waals surface area contributed by atoms with E-state index in [0.717, 1.165) is 50.9 Å². The first-order chi connectivity index (χ1) is 13.1. The number of anilines is 1. The van der Waals surface area contributed by atoms with Crippen LogP contribution in [0.1, 0.15) is 57.4 Å². The Labute approximate surface area is 162 Å². The summed E-state index contributed by atoms with van der Waals surface area (Å²) in [6, 6.07) is 7.86. The van der Waals surface area contributed by atoms with E-state index >= 15 is 0 Å². The van der Waals surface area contributed by atoms with Crippen molar-refractivity contribution in [3.8, 4) is 0 Å². The van der Waals surface area contributed by atoms with E-state index in [1.54, 1.807) is 7.11 Å². The molecule has 5 nitrogen and oxygen atoms in total. The van der Waals surface area contributed by atoms with Gasteiger partial charge in [-0.1, -0.05) is 25.5 Å². The summed E-state index contributed by atoms with van der Waals surface area (Å²) >= 11 is 0. The lowest BCUT2D eigenvalue weighted by molar-refractivity contribution is -0.138. The molecule has 2 amide bonds. The summed E-state index contributed by atoms with van der Waals surface area (Å²) in [6.07, 6.45) is 7.29. The van der Waals surface area contributed by atoms with Crippen LogP contribution in [0, 0.1) is 5.41 Å². The van der Waals surface area contributed by atoms with Gasteiger partial charge in [0.1, 0.15) is 0 Å². The second kappa shape index (κ2) is 8.87. The fraction of sp³-hybridized carbons (Fsp3) is 0.636. The maximum absolute atomic E-state index is 12.7. The maximum Gasteiger partial charge on any atom is 0.224 e. The minimum absolute atomic E-state index is 0.0910. The standard InChI is InChI=1S/C22H32N2O3/c1-3-17-7-4-8-18(15-17)23-20(25)10-11-21(26)24-14-6-13-22(16-24)12-5-9-19(22)27-2/h4,7-8,15,19H,3,5-6,9-14,16H2,1-2H3,(H,23,25)/t19-,22-/m1/s1. The number of nitrogens with zero attached hydrogens (tertiary/aromatic N) is 1. The van der Waals surface area contributed by atoms with Crippen molar-refractivity contribution < 1.29 is 14.3 Å². The lowest BCUT2D eigenvalue weighted by Crippen LogP contribution is -2.49. The van der Waals surface area contributed by atoms with Crippen molar-refractivity contribution in [2.45, 2.75) is 64.4 Å². The van der Waals surface area contributed by atoms with Gasteiger partial charge in [-0.15, -0.1) is 0 Å². The first-order valence-electron chi connectivity index (χ1n) is 10.3. The molecular weight excluding hydrogens is 340 g/mol. The summed E-state index contributed by atoms with van der Waals surface area (Å²) in [4.78, 5) is 26.9. The van der Waals surface area contributed by atoms with Crippen LogP contribution >= 0.6 is 0 Å². The lowest BCUT2D eigenvalue weighted by Gasteiger charge is -2.43. The van der Waals surface area contributed by atoms with Crippen LogP contribution in [0.2, 0.25) is 0 Å². The van der Waals surface area contributed by atoms with Gasteiger partial charge in [-0.2, -0.15) is 0 Å². The SMILES string of the molecule is CCc1cccc(NC(=O)CCC(=O)N2CCC[C@]3(CCC[C@H]3OC)C2)c1. The van der Waals surface area contributed by atoms with Crippen molar-refractivity contribution in [2.24, 2.45) is 5.41 Å². The van der Waals surface area contributed by atoms with Crippen molar-refractivity contribution in [1.29, 1.82) is 0 Å². The average molecular weight is 373 g/mol. The number of ether oxygens (including phenoxy) is 1. The van der Waals surface area contributed by atoms with Crippen molar-refractivity contribution >= 4 is 17.5 Å². The van der Waals surface area contributed by atoms with Crippen LogP contribution in [0.5, 0.6) is 0 Å². The Morgan fingerprint density at radius 3 is 2.85 bits per heavy atom. The Bertz CT molecular complexity index is 675. The van der Waals surface area contributed by atoms with Crippen LogP contribution in [0.25, 0.3) is 0 Å². The molecule has 1 aliphatic carbocycles. The highest BCUT2D eigenvalue weighted by Crippen LogP contribution is 2.46. The fourth-order valence-corrected chi connectivity index (χ4v) is 4.79. The van der Waals surface area contributed by atoms with Gasteiger partial charge >= 0.3 is 0 Å². The third-order valence-electron chi connectivity index (χ3n) is 6.25. The zero-order valence-corrected chi connectivity index (χ0v) is 16.6. The number of benzene rings is 1. The maximum atomic E-state index is 12.7. The number of piperidine rings is 1. The quantitative estimate of drug-likeness (QED) is 0.827. The number of hydrogen-bond donors (Lipinski definition) is 1. The molecule has 1 aromatic carbocycles. The fourth-order valence-electron chi connectivity index (χ4n) is 4.79. The van der Waals surface area contributed by atoms with Crippen molar-refractivity contribution in [2.75, 3.05) is 25.5 Å². The number of methoxy groups -OCH3 is 1. The Morgan fingerprint density at radius 1 is 1.26 bits per heavy atom. The van der Waals surface area contributed by atoms with E-state index in [9.17, 15) is 9.59 Å². The molecule has 1 aliphatic heterocycles. The summed E-state index contributed by atoms with van der Waals surface area (Å²) in [5.41, 5.74) is 2.12. The molecule has 1 saturated carbocycles. The van der Waals surface area contributed by atoms with Crippen molar-refractivity contribution in [3.05, 3.63) is 29.8 Å². The summed E-state index contributed by atoms with van der Waals surface area (Å²) in [6.45, 7) is 3.67. The predicted octanol–water partition coefficient (Wildman–Crippen LogP) is 3.78. The van der Waals surface area contributed by atoms with Gasteiger partial charge < -0.3 is 15.0 Å². The van der Waals surface area contributed by atoms with Gasteiger partial charge in [0, 0.05) is 44.1 Å². The monoisotopic (exact) mass is 372 g/mol. The molecule has 5 heteroatoms. The first kappa shape index (κ1) is 19.9. The Morgan fingerprint density at radius 2 is 2.07 bits per heavy atom. The third-order valence-corrected chi connectivity index (χ3v) is 6.25. The average Bonchev–Trinajstić information content (AvgIpc) is 3.07. The van der Waals surface area contributed by atoms with Crippen LogP contribution in [-0.2, 0) is 20.7 Å². The molecule has 0 bridgehead atoms. The zero-order valence-electron chi connectivity index (χ0n) is 16.6. The molecule has 2 atom stereocenters. The molecule has 1 spiro atoms. The van der Waals surface area contributed by atoms with Gasteiger partial charge in [-0.3, -0.25) is 9.59 Å². The van der Waals surface area contributed by atoms with Crippen molar-refractivity contribution in [3.63, 3.8) is 0 Å². The predicted molar refractivity (Wildman–Crippen MR) is 107 cm³/mol. The molecule has 0 radical (unpaired) electrons. The number of likely N-dealkylation sites (tertiary alicyclic amines) is 1. The second-order valence-electron chi connectivity index (χ2n) is 8.00. The van der Waals surface area contributed by atoms with Crippen LogP contribution in [0.3, 0.4) is 0 Å². The summed E-state index contributed by atoms with van der Waals surface area (Å²) in [7, 11) is 1.79. The largest absolute Gasteiger partial charge is 0.381 e. The normalized spacial score (nSPS) is 25.0. The number of carbonyl (C=O) groups excluding carboxylic acids is 2. The second-order valence-corrected chi connectivity index (χ2v) is 8.00. The third kappa shape index (κ3) is 4.70. The Hall–Kier alpha value is -1.88. The van der Waals surface area contributed by atoms with Gasteiger partial charge in [0.2, 0.25) is 11.8 Å². The minimum atomic E-state index is -0.0982. The summed E-state index contributed by atoms with van der Waals surface area (Å²) < 4.78 is 5.71. The highest BCUT2D eigenvalue weighted by atomic mass is 16.5. The van der Waals surface area contributed by atoms with E-state index in [-0.39, 0.29) is 36.2 Å². The molecular formula is C22H32N2O3. The summed E-state index contributed by atoms with van der Waals surface area (Å²) in [5.74, 6) is -0.00718. The van der Waals surface area contributed by atoms with E-state index in [0.29, 0.717) is 0 Å². The van der Waals surface area contributed by atoms with Crippen LogP contribution in [-0.4, -0.2) is 43.0 Å². The van der Waals surface area contributed by atoms with Crippen LogP contribution in [0.4, 0.5) is 5.69 Å². The lowest BCUT2D eigenvalue weighted by atomic mass is 9.76. The molecule has 1 aromatic rings. The number of aryl methyl sites for hydroxylation is 1. The van der Waals surface area contributed by atoms with Crippen LogP contribution in [0.15, 0.2) is 24.3 Å². The van der Waals surface area contributed by atoms with E-state index in [2.05, 4.69) is 12.2 Å². The number of hydrogen-bond acceptors (Lipinski definition) is 3. The topological polar surface area (TPSA) is 58.6 Å². The van der Waals surface area contributed by atoms with Gasteiger partial charge in [0.25, 0.3) is 0 Å². The molecule has 2 fully saturated rings. The molecule has 148 valence electrons. The Balaban J connectivity index is 1.50. The highest BCUT2D eigenvalue weighted by Gasteiger charge is 2.46. The highest BCUT2D eigenvalue weighted by molar-refractivity contribution is 5.93. The number of rotatable bonds is 6. The Kier molecular flexibility index (Phi) is 6.53. The van der Waals surface area contributed by atoms with E-state index < -0.39 is 0 Å². The van der Waals surface area contributed by atoms with Crippen LogP contribution < -0.4 is 5.32 Å². The van der Waals surface area contributed by atoms with Crippen molar-refractivity contribution in [1.82, 2.24) is 4.90 Å². The van der Waals surface area contributed by atoms with Gasteiger partial charge in [-0.25, -0.2) is 0 Å². The molecule has 27 heavy (non-hydrogen) atoms. The first-order valence-corrected chi connectivity index (χ1v) is 10.3. The molecule has 0 aromatic heterocycles. The molecule has 0 unspecified atom stereocenters. The van der Waals surface area contributed by atoms with Gasteiger partial charge in [0.15, 0.2) is 0 Å². The van der Waals surface area contributed by atoms with Gasteiger partial charge in [-0.05, 0) is 49.8 Å².